The van der Waals surface area contributed by atoms with E-state index in [1.54, 1.807) is 0 Å². The first kappa shape index (κ1) is 14.3. The predicted octanol–water partition coefficient (Wildman–Crippen LogP) is 2.26. The minimum absolute atomic E-state index is 0.607. The Bertz CT molecular complexity index is 243. The summed E-state index contributed by atoms with van der Waals surface area (Å²) < 4.78 is 5.46. The van der Waals surface area contributed by atoms with Gasteiger partial charge < -0.3 is 10.1 Å². The number of nitrogens with one attached hydrogen (secondary N) is 1. The molecule has 2 bridgehead atoms. The number of rotatable bonds is 6. The van der Waals surface area contributed by atoms with Gasteiger partial charge in [0.25, 0.3) is 0 Å². The lowest BCUT2D eigenvalue weighted by Gasteiger charge is -2.45. The number of hydrogen-bond acceptors (Lipinski definition) is 3. The smallest absolute Gasteiger partial charge is 0.0620 e. The van der Waals surface area contributed by atoms with Gasteiger partial charge in [-0.05, 0) is 38.1 Å². The second-order valence-corrected chi connectivity index (χ2v) is 6.32. The molecule has 0 aliphatic carbocycles. The van der Waals surface area contributed by atoms with E-state index >= 15 is 0 Å². The molecule has 106 valence electrons. The molecule has 2 rings (SSSR count). The van der Waals surface area contributed by atoms with Crippen molar-refractivity contribution in [2.45, 2.75) is 70.6 Å². The molecule has 2 aliphatic heterocycles. The van der Waals surface area contributed by atoms with Gasteiger partial charge >= 0.3 is 0 Å². The zero-order chi connectivity index (χ0) is 13.1. The first-order valence-electron chi connectivity index (χ1n) is 7.67. The quantitative estimate of drug-likeness (QED) is 0.787. The number of nitrogens with zero attached hydrogens (tertiary/aromatic N) is 1. The summed E-state index contributed by atoms with van der Waals surface area (Å²) in [7, 11) is 1.84. The van der Waals surface area contributed by atoms with Crippen molar-refractivity contribution < 1.29 is 4.74 Å². The van der Waals surface area contributed by atoms with Gasteiger partial charge in [-0.1, -0.05) is 20.8 Å². The number of fused-ring (bicyclic) bond motifs is 2. The van der Waals surface area contributed by atoms with E-state index in [1.165, 1.54) is 25.7 Å². The molecule has 2 fully saturated rings. The molecule has 0 saturated carbocycles. The molecular weight excluding hydrogens is 224 g/mol. The highest BCUT2D eigenvalue weighted by Crippen LogP contribution is 2.38. The average molecular weight is 254 g/mol. The Labute approximate surface area is 112 Å². The molecule has 0 aromatic heterocycles. The monoisotopic (exact) mass is 254 g/mol. The highest BCUT2D eigenvalue weighted by Gasteiger charge is 2.44. The normalized spacial score (nSPS) is 34.2. The van der Waals surface area contributed by atoms with Gasteiger partial charge in [0, 0.05) is 31.3 Å². The minimum atomic E-state index is 0.607. The van der Waals surface area contributed by atoms with Crippen molar-refractivity contribution in [3.63, 3.8) is 0 Å². The van der Waals surface area contributed by atoms with Gasteiger partial charge in [-0.2, -0.15) is 0 Å². The lowest BCUT2D eigenvalue weighted by Crippen LogP contribution is -2.55. The van der Waals surface area contributed by atoms with Crippen molar-refractivity contribution in [1.82, 2.24) is 10.2 Å². The maximum atomic E-state index is 5.46. The molecule has 3 heteroatoms. The fourth-order valence-electron chi connectivity index (χ4n) is 4.00. The van der Waals surface area contributed by atoms with Crippen LogP contribution < -0.4 is 5.32 Å². The number of piperidine rings is 1. The van der Waals surface area contributed by atoms with Crippen LogP contribution in [0.1, 0.15) is 46.5 Å². The maximum Gasteiger partial charge on any atom is 0.0620 e. The Hall–Kier alpha value is -0.120. The van der Waals surface area contributed by atoms with Gasteiger partial charge in [0.15, 0.2) is 0 Å². The van der Waals surface area contributed by atoms with Crippen molar-refractivity contribution in [2.24, 2.45) is 5.92 Å². The highest BCUT2D eigenvalue weighted by atomic mass is 16.5. The van der Waals surface area contributed by atoms with E-state index in [0.29, 0.717) is 12.0 Å². The van der Waals surface area contributed by atoms with Gasteiger partial charge in [-0.15, -0.1) is 0 Å². The van der Waals surface area contributed by atoms with Crippen LogP contribution in [0.2, 0.25) is 0 Å². The lowest BCUT2D eigenvalue weighted by molar-refractivity contribution is 0.00501. The summed E-state index contributed by atoms with van der Waals surface area (Å²) in [6.07, 6.45) is 5.44. The van der Waals surface area contributed by atoms with Crippen LogP contribution in [0, 0.1) is 5.92 Å². The van der Waals surface area contributed by atoms with Crippen LogP contribution in [0.3, 0.4) is 0 Å². The van der Waals surface area contributed by atoms with Crippen molar-refractivity contribution in [1.29, 1.82) is 0 Å². The first-order valence-corrected chi connectivity index (χ1v) is 7.67. The SMILES string of the molecule is CCNC1CC2CCC(C1)N2C(COC)C(C)C. The second kappa shape index (κ2) is 6.36. The summed E-state index contributed by atoms with van der Waals surface area (Å²) >= 11 is 0. The van der Waals surface area contributed by atoms with Crippen LogP contribution in [-0.2, 0) is 4.74 Å². The molecule has 0 aromatic carbocycles. The standard InChI is InChI=1S/C15H30N2O/c1-5-16-12-8-13-6-7-14(9-12)17(13)15(10-18-4)11(2)3/h11-16H,5-10H2,1-4H3. The molecule has 2 aliphatic rings. The van der Waals surface area contributed by atoms with Crippen LogP contribution in [-0.4, -0.2) is 49.3 Å². The largest absolute Gasteiger partial charge is 0.383 e. The molecule has 3 nitrogen and oxygen atoms in total. The minimum Gasteiger partial charge on any atom is -0.383 e. The van der Waals surface area contributed by atoms with E-state index < -0.39 is 0 Å². The predicted molar refractivity (Wildman–Crippen MR) is 75.8 cm³/mol. The molecule has 2 saturated heterocycles. The van der Waals surface area contributed by atoms with E-state index in [4.69, 9.17) is 4.74 Å². The van der Waals surface area contributed by atoms with E-state index in [1.807, 2.05) is 7.11 Å². The van der Waals surface area contributed by atoms with Crippen molar-refractivity contribution in [3.8, 4) is 0 Å². The van der Waals surface area contributed by atoms with E-state index in [-0.39, 0.29) is 0 Å². The Morgan fingerprint density at radius 3 is 2.28 bits per heavy atom. The van der Waals surface area contributed by atoms with Gasteiger partial charge in [0.1, 0.15) is 0 Å². The molecule has 0 spiro atoms. The van der Waals surface area contributed by atoms with Gasteiger partial charge in [0.05, 0.1) is 6.61 Å². The zero-order valence-electron chi connectivity index (χ0n) is 12.5. The number of methoxy groups -OCH3 is 1. The lowest BCUT2D eigenvalue weighted by atomic mass is 9.92. The Morgan fingerprint density at radius 1 is 1.22 bits per heavy atom. The molecule has 0 aromatic rings. The highest BCUT2D eigenvalue weighted by molar-refractivity contribution is 5.00. The van der Waals surface area contributed by atoms with Crippen molar-refractivity contribution >= 4 is 0 Å². The second-order valence-electron chi connectivity index (χ2n) is 6.32. The average Bonchev–Trinajstić information content (AvgIpc) is 2.58. The zero-order valence-corrected chi connectivity index (χ0v) is 12.5. The van der Waals surface area contributed by atoms with E-state index in [2.05, 4.69) is 31.0 Å². The van der Waals surface area contributed by atoms with Crippen molar-refractivity contribution in [2.75, 3.05) is 20.3 Å². The van der Waals surface area contributed by atoms with Gasteiger partial charge in [0.2, 0.25) is 0 Å². The summed E-state index contributed by atoms with van der Waals surface area (Å²) in [5.41, 5.74) is 0. The van der Waals surface area contributed by atoms with Crippen LogP contribution >= 0.6 is 0 Å². The Balaban J connectivity index is 2.02. The van der Waals surface area contributed by atoms with Crippen LogP contribution in [0.4, 0.5) is 0 Å². The third kappa shape index (κ3) is 2.89. The Kier molecular flexibility index (Phi) is 5.05. The molecule has 0 amide bonds. The molecule has 2 heterocycles. The summed E-state index contributed by atoms with van der Waals surface area (Å²) in [6.45, 7) is 8.88. The molecule has 3 atom stereocenters. The molecule has 0 radical (unpaired) electrons. The molecule has 1 N–H and O–H groups in total. The third-order valence-corrected chi connectivity index (χ3v) is 4.77. The molecule has 18 heavy (non-hydrogen) atoms. The summed E-state index contributed by atoms with van der Waals surface area (Å²) in [5.74, 6) is 0.684. The fourth-order valence-corrected chi connectivity index (χ4v) is 4.00. The van der Waals surface area contributed by atoms with Gasteiger partial charge in [-0.25, -0.2) is 0 Å². The summed E-state index contributed by atoms with van der Waals surface area (Å²) in [4.78, 5) is 2.79. The van der Waals surface area contributed by atoms with Gasteiger partial charge in [-0.3, -0.25) is 4.90 Å². The van der Waals surface area contributed by atoms with E-state index in [0.717, 1.165) is 31.3 Å². The summed E-state index contributed by atoms with van der Waals surface area (Å²) in [6, 6.07) is 2.93. The maximum absolute atomic E-state index is 5.46. The Morgan fingerprint density at radius 2 is 1.83 bits per heavy atom. The first-order chi connectivity index (χ1) is 8.67. The van der Waals surface area contributed by atoms with Crippen LogP contribution in [0.5, 0.6) is 0 Å². The van der Waals surface area contributed by atoms with Crippen LogP contribution in [0.15, 0.2) is 0 Å². The summed E-state index contributed by atoms with van der Waals surface area (Å²) in [5, 5.41) is 3.65. The topological polar surface area (TPSA) is 24.5 Å². The van der Waals surface area contributed by atoms with Crippen molar-refractivity contribution in [3.05, 3.63) is 0 Å². The van der Waals surface area contributed by atoms with E-state index in [9.17, 15) is 0 Å². The molecular formula is C15H30N2O. The third-order valence-electron chi connectivity index (χ3n) is 4.77. The fraction of sp³-hybridized carbons (Fsp3) is 1.00. The number of ether oxygens (including phenoxy) is 1. The number of hydrogen-bond donors (Lipinski definition) is 1. The molecule has 3 unspecified atom stereocenters. The van der Waals surface area contributed by atoms with Crippen LogP contribution in [0.25, 0.3) is 0 Å².